The molecular weight excluding hydrogens is 310 g/mol. The average molecular weight is 328 g/mol. The van der Waals surface area contributed by atoms with E-state index in [0.717, 1.165) is 4.88 Å². The van der Waals surface area contributed by atoms with Gasteiger partial charge in [-0.15, -0.1) is 11.3 Å². The molecule has 0 saturated carbocycles. The molecule has 21 heavy (non-hydrogen) atoms. The Bertz CT molecular complexity index is 631. The van der Waals surface area contributed by atoms with Gasteiger partial charge < -0.3 is 5.32 Å². The number of nitrogens with one attached hydrogen (secondary N) is 2. The van der Waals surface area contributed by atoms with E-state index in [9.17, 15) is 4.79 Å². The van der Waals surface area contributed by atoms with Crippen LogP contribution in [-0.4, -0.2) is 20.9 Å². The summed E-state index contributed by atoms with van der Waals surface area (Å²) in [6.07, 6.45) is 0. The second-order valence-electron chi connectivity index (χ2n) is 4.21. The van der Waals surface area contributed by atoms with E-state index in [0.29, 0.717) is 16.8 Å². The minimum absolute atomic E-state index is 0. The third-order valence-electron chi connectivity index (χ3n) is 2.42. The summed E-state index contributed by atoms with van der Waals surface area (Å²) in [6, 6.07) is 1.82. The fourth-order valence-electron chi connectivity index (χ4n) is 1.63. The minimum atomic E-state index is -0.226. The molecule has 0 spiro atoms. The molecule has 1 unspecified atom stereocenters. The van der Waals surface area contributed by atoms with Crippen LogP contribution in [0.3, 0.4) is 0 Å². The highest BCUT2D eigenvalue weighted by Gasteiger charge is 2.13. The topological polar surface area (TPSA) is 79.8 Å². The average Bonchev–Trinajstić information content (AvgIpc) is 2.73. The van der Waals surface area contributed by atoms with Crippen molar-refractivity contribution in [1.29, 1.82) is 0 Å². The molecule has 114 valence electrons. The Balaban J connectivity index is 0.00000220. The second-order valence-corrected chi connectivity index (χ2v) is 5.56. The molecule has 2 aromatic rings. The molecule has 0 aliphatic carbocycles. The van der Waals surface area contributed by atoms with Crippen LogP contribution in [0.15, 0.2) is 11.4 Å². The van der Waals surface area contributed by atoms with Crippen LogP contribution in [0.4, 0.5) is 11.9 Å². The molecule has 0 aliphatic heterocycles. The molecule has 2 rings (SSSR count). The van der Waals surface area contributed by atoms with Crippen molar-refractivity contribution in [2.45, 2.75) is 34.2 Å². The van der Waals surface area contributed by atoms with Crippen molar-refractivity contribution >= 4 is 40.7 Å². The first kappa shape index (κ1) is 17.3. The summed E-state index contributed by atoms with van der Waals surface area (Å²) in [5.41, 5.74) is 0. The maximum Gasteiger partial charge on any atom is 0.234 e. The van der Waals surface area contributed by atoms with Crippen LogP contribution < -0.4 is 10.6 Å². The molecule has 2 N–H and O–H groups in total. The lowest BCUT2D eigenvalue weighted by Crippen LogP contribution is -2.14. The predicted molar refractivity (Wildman–Crippen MR) is 87.0 cm³/mol. The zero-order chi connectivity index (χ0) is 14.7. The predicted octanol–water partition coefficient (Wildman–Crippen LogP) is 3.66. The van der Waals surface area contributed by atoms with Crippen LogP contribution in [0, 0.1) is 6.92 Å². The normalized spacial score (nSPS) is 11.4. The lowest BCUT2D eigenvalue weighted by molar-refractivity contribution is -0.114. The number of nitrogens with zero attached hydrogens (tertiary/aromatic N) is 3. The van der Waals surface area contributed by atoms with E-state index in [-0.39, 0.29) is 25.3 Å². The zero-order valence-corrected chi connectivity index (χ0v) is 12.8. The van der Waals surface area contributed by atoms with Crippen LogP contribution in [0.5, 0.6) is 0 Å². The quantitative estimate of drug-likeness (QED) is 0.895. The van der Waals surface area contributed by atoms with Gasteiger partial charge in [0.25, 0.3) is 0 Å². The largest absolute Gasteiger partial charge is 0.347 e. The van der Waals surface area contributed by atoms with Gasteiger partial charge in [0.05, 0.1) is 11.1 Å². The van der Waals surface area contributed by atoms with Gasteiger partial charge in [0.15, 0.2) is 0 Å². The number of hydrogen-bond acceptors (Lipinski definition) is 6. The summed E-state index contributed by atoms with van der Waals surface area (Å²) in [5, 5.41) is 8.33. The Kier molecular flexibility index (Phi) is 6.04. The summed E-state index contributed by atoms with van der Waals surface area (Å²) >= 11 is 7.65. The third kappa shape index (κ3) is 4.64. The number of amides is 1. The van der Waals surface area contributed by atoms with E-state index < -0.39 is 0 Å². The molecule has 0 radical (unpaired) electrons. The molecule has 1 amide bonds. The number of halogens is 1. The molecular formula is C13H18ClN5OS. The molecule has 0 aliphatic rings. The van der Waals surface area contributed by atoms with Crippen LogP contribution in [0.25, 0.3) is 0 Å². The Morgan fingerprint density at radius 1 is 1.33 bits per heavy atom. The van der Waals surface area contributed by atoms with Gasteiger partial charge in [-0.2, -0.15) is 15.0 Å². The molecule has 8 heteroatoms. The maximum atomic E-state index is 11.0. The van der Waals surface area contributed by atoms with Gasteiger partial charge in [-0.25, -0.2) is 0 Å². The van der Waals surface area contributed by atoms with Crippen molar-refractivity contribution < 1.29 is 4.79 Å². The maximum absolute atomic E-state index is 11.0. The number of thiophene rings is 1. The number of rotatable bonds is 4. The first-order valence-corrected chi connectivity index (χ1v) is 7.21. The van der Waals surface area contributed by atoms with E-state index >= 15 is 0 Å². The Morgan fingerprint density at radius 2 is 2.00 bits per heavy atom. The standard InChI is InChI=1S/C12H14ClN5OS.CH4/c1-6(10-9(13)4-5-20-10)14-11-15-7(2)16-12(18-11)17-8(3)19;/h4-6H,1-3H3,(H2,14,15,16,17,18,19);1H4. The smallest absolute Gasteiger partial charge is 0.234 e. The van der Waals surface area contributed by atoms with Crippen molar-refractivity contribution in [2.24, 2.45) is 0 Å². The lowest BCUT2D eigenvalue weighted by Gasteiger charge is -2.13. The van der Waals surface area contributed by atoms with Gasteiger partial charge in [-0.05, 0) is 25.3 Å². The summed E-state index contributed by atoms with van der Waals surface area (Å²) < 4.78 is 0. The van der Waals surface area contributed by atoms with Gasteiger partial charge in [-0.3, -0.25) is 10.1 Å². The van der Waals surface area contributed by atoms with Crippen LogP contribution in [0.2, 0.25) is 5.02 Å². The van der Waals surface area contributed by atoms with Crippen molar-refractivity contribution in [3.05, 3.63) is 27.2 Å². The number of aryl methyl sites for hydroxylation is 1. The molecule has 6 nitrogen and oxygen atoms in total. The van der Waals surface area contributed by atoms with E-state index in [1.165, 1.54) is 6.92 Å². The summed E-state index contributed by atoms with van der Waals surface area (Å²) in [6.45, 7) is 5.11. The monoisotopic (exact) mass is 327 g/mol. The van der Waals surface area contributed by atoms with Crippen LogP contribution in [0.1, 0.15) is 38.0 Å². The number of carbonyl (C=O) groups excluding carboxylic acids is 1. The molecule has 0 bridgehead atoms. The zero-order valence-electron chi connectivity index (χ0n) is 11.3. The Hall–Kier alpha value is -1.73. The third-order valence-corrected chi connectivity index (χ3v) is 3.96. The van der Waals surface area contributed by atoms with Gasteiger partial charge in [0, 0.05) is 11.8 Å². The van der Waals surface area contributed by atoms with Gasteiger partial charge in [0.2, 0.25) is 17.8 Å². The van der Waals surface area contributed by atoms with Crippen molar-refractivity contribution in [3.63, 3.8) is 0 Å². The van der Waals surface area contributed by atoms with E-state index in [1.54, 1.807) is 18.3 Å². The van der Waals surface area contributed by atoms with E-state index in [4.69, 9.17) is 11.6 Å². The highest BCUT2D eigenvalue weighted by atomic mass is 35.5. The fraction of sp³-hybridized carbons (Fsp3) is 0.385. The van der Waals surface area contributed by atoms with Gasteiger partial charge in [0.1, 0.15) is 5.82 Å². The highest BCUT2D eigenvalue weighted by Crippen LogP contribution is 2.30. The molecule has 0 saturated heterocycles. The second kappa shape index (κ2) is 7.33. The van der Waals surface area contributed by atoms with E-state index in [2.05, 4.69) is 25.6 Å². The number of anilines is 2. The Labute approximate surface area is 133 Å². The molecule has 2 heterocycles. The molecule has 0 fully saturated rings. The van der Waals surface area contributed by atoms with Crippen molar-refractivity contribution in [2.75, 3.05) is 10.6 Å². The van der Waals surface area contributed by atoms with Gasteiger partial charge in [-0.1, -0.05) is 19.0 Å². The Morgan fingerprint density at radius 3 is 2.57 bits per heavy atom. The first-order chi connectivity index (χ1) is 9.45. The van der Waals surface area contributed by atoms with Crippen molar-refractivity contribution in [1.82, 2.24) is 15.0 Å². The van der Waals surface area contributed by atoms with Crippen LogP contribution in [-0.2, 0) is 4.79 Å². The number of aromatic nitrogens is 3. The first-order valence-electron chi connectivity index (χ1n) is 5.95. The van der Waals surface area contributed by atoms with Crippen molar-refractivity contribution in [3.8, 4) is 0 Å². The fourth-order valence-corrected chi connectivity index (χ4v) is 2.86. The molecule has 2 aromatic heterocycles. The summed E-state index contributed by atoms with van der Waals surface area (Å²) in [4.78, 5) is 24.4. The minimum Gasteiger partial charge on any atom is -0.347 e. The van der Waals surface area contributed by atoms with Crippen LogP contribution >= 0.6 is 22.9 Å². The SMILES string of the molecule is C.CC(=O)Nc1nc(C)nc(NC(C)c2sccc2Cl)n1. The number of carbonyl (C=O) groups is 1. The summed E-state index contributed by atoms with van der Waals surface area (Å²) in [7, 11) is 0. The lowest BCUT2D eigenvalue weighted by atomic mass is 10.3. The number of hydrogen-bond donors (Lipinski definition) is 2. The highest BCUT2D eigenvalue weighted by molar-refractivity contribution is 7.10. The van der Waals surface area contributed by atoms with Gasteiger partial charge >= 0.3 is 0 Å². The molecule has 0 aromatic carbocycles. The van der Waals surface area contributed by atoms with E-state index in [1.807, 2.05) is 18.4 Å². The molecule has 1 atom stereocenters. The summed E-state index contributed by atoms with van der Waals surface area (Å²) in [5.74, 6) is 0.932.